The molecule has 0 radical (unpaired) electrons. The third kappa shape index (κ3) is 4.85. The van der Waals surface area contributed by atoms with Crippen molar-refractivity contribution in [3.05, 3.63) is 99.5 Å². The van der Waals surface area contributed by atoms with Crippen molar-refractivity contribution in [2.24, 2.45) is 0 Å². The summed E-state index contributed by atoms with van der Waals surface area (Å²) in [4.78, 5) is 0. The van der Waals surface area contributed by atoms with E-state index in [4.69, 9.17) is 10.00 Å². The van der Waals surface area contributed by atoms with E-state index in [-0.39, 0.29) is 0 Å². The number of hydrogen-bond donors (Lipinski definition) is 0. The van der Waals surface area contributed by atoms with Gasteiger partial charge in [-0.2, -0.15) is 10.5 Å². The van der Waals surface area contributed by atoms with Crippen LogP contribution in [0.4, 0.5) is 0 Å². The smallest absolute Gasteiger partial charge is 0.127 e. The minimum atomic E-state index is 0.441. The Morgan fingerprint density at radius 3 is 2.30 bits per heavy atom. The van der Waals surface area contributed by atoms with Crippen LogP contribution < -0.4 is 4.74 Å². The highest BCUT2D eigenvalue weighted by molar-refractivity contribution is 9.10. The summed E-state index contributed by atoms with van der Waals surface area (Å²) in [5.74, 6) is 0.710. The number of nitrogens with zero attached hydrogens (tertiary/aromatic N) is 2. The SMILES string of the molecule is N#C/C(=C/c1ccccc1OCc1ccc(Br)cc1)c1ccc(C#N)cc1. The van der Waals surface area contributed by atoms with Crippen molar-refractivity contribution in [2.75, 3.05) is 0 Å². The van der Waals surface area contributed by atoms with E-state index in [1.807, 2.05) is 48.5 Å². The normalized spacial score (nSPS) is 10.7. The highest BCUT2D eigenvalue weighted by Crippen LogP contribution is 2.25. The first-order valence-electron chi connectivity index (χ1n) is 8.28. The summed E-state index contributed by atoms with van der Waals surface area (Å²) in [6.45, 7) is 0.441. The standard InChI is InChI=1S/C23H15BrN2O/c24-22-11-7-18(8-12-22)16-27-23-4-2-1-3-20(23)13-21(15-26)19-9-5-17(14-25)6-10-19/h1-13H,16H2/b21-13-. The van der Waals surface area contributed by atoms with Crippen molar-refractivity contribution in [2.45, 2.75) is 6.61 Å². The zero-order valence-corrected chi connectivity index (χ0v) is 16.0. The summed E-state index contributed by atoms with van der Waals surface area (Å²) in [6.07, 6.45) is 1.80. The lowest BCUT2D eigenvalue weighted by Crippen LogP contribution is -1.97. The Labute approximate surface area is 166 Å². The van der Waals surface area contributed by atoms with Gasteiger partial charge in [-0.25, -0.2) is 0 Å². The fraction of sp³-hybridized carbons (Fsp3) is 0.0435. The van der Waals surface area contributed by atoms with Crippen molar-refractivity contribution in [1.82, 2.24) is 0 Å². The van der Waals surface area contributed by atoms with Crippen LogP contribution in [0.1, 0.15) is 22.3 Å². The van der Waals surface area contributed by atoms with Gasteiger partial charge in [0.2, 0.25) is 0 Å². The first-order chi connectivity index (χ1) is 13.2. The summed E-state index contributed by atoms with van der Waals surface area (Å²) in [7, 11) is 0. The minimum absolute atomic E-state index is 0.441. The maximum Gasteiger partial charge on any atom is 0.127 e. The molecule has 0 unspecified atom stereocenters. The van der Waals surface area contributed by atoms with E-state index in [0.717, 1.165) is 21.2 Å². The topological polar surface area (TPSA) is 56.8 Å². The zero-order chi connectivity index (χ0) is 19.1. The average Bonchev–Trinajstić information content (AvgIpc) is 2.72. The van der Waals surface area contributed by atoms with Crippen LogP contribution in [0, 0.1) is 22.7 Å². The molecule has 130 valence electrons. The highest BCUT2D eigenvalue weighted by Gasteiger charge is 2.06. The molecule has 0 spiro atoms. The number of ether oxygens (including phenoxy) is 1. The summed E-state index contributed by atoms with van der Waals surface area (Å²) in [6, 6.07) is 26.8. The van der Waals surface area contributed by atoms with Gasteiger partial charge in [0.25, 0.3) is 0 Å². The van der Waals surface area contributed by atoms with Crippen molar-refractivity contribution in [3.63, 3.8) is 0 Å². The predicted molar refractivity (Wildman–Crippen MR) is 110 cm³/mol. The first kappa shape index (κ1) is 18.5. The second kappa shape index (κ2) is 8.85. The summed E-state index contributed by atoms with van der Waals surface area (Å²) < 4.78 is 6.99. The Hall–Kier alpha value is -3.34. The lowest BCUT2D eigenvalue weighted by Gasteiger charge is -2.10. The molecule has 0 aliphatic carbocycles. The van der Waals surface area contributed by atoms with Crippen LogP contribution in [0.3, 0.4) is 0 Å². The maximum atomic E-state index is 9.56. The number of hydrogen-bond acceptors (Lipinski definition) is 3. The number of rotatable bonds is 5. The van der Waals surface area contributed by atoms with Crippen LogP contribution in [0.15, 0.2) is 77.3 Å². The van der Waals surface area contributed by atoms with Gasteiger partial charge in [0.1, 0.15) is 12.4 Å². The molecule has 0 bridgehead atoms. The molecule has 3 nitrogen and oxygen atoms in total. The third-order valence-corrected chi connectivity index (χ3v) is 4.50. The van der Waals surface area contributed by atoms with Crippen LogP contribution in [0.2, 0.25) is 0 Å². The Balaban J connectivity index is 1.85. The number of benzene rings is 3. The van der Waals surface area contributed by atoms with Gasteiger partial charge in [0, 0.05) is 10.0 Å². The molecule has 3 aromatic carbocycles. The van der Waals surface area contributed by atoms with Gasteiger partial charge in [-0.15, -0.1) is 0 Å². The van der Waals surface area contributed by atoms with E-state index in [1.165, 1.54) is 0 Å². The monoisotopic (exact) mass is 414 g/mol. The minimum Gasteiger partial charge on any atom is -0.488 e. The molecule has 0 saturated heterocycles. The molecule has 0 aromatic heterocycles. The van der Waals surface area contributed by atoms with Gasteiger partial charge in [-0.3, -0.25) is 0 Å². The molecule has 0 saturated carbocycles. The number of halogens is 1. The molecule has 0 N–H and O–H groups in total. The third-order valence-electron chi connectivity index (χ3n) is 3.97. The fourth-order valence-corrected chi connectivity index (χ4v) is 2.80. The van der Waals surface area contributed by atoms with Gasteiger partial charge in [0.15, 0.2) is 0 Å². The van der Waals surface area contributed by atoms with E-state index < -0.39 is 0 Å². The molecule has 27 heavy (non-hydrogen) atoms. The van der Waals surface area contributed by atoms with E-state index in [1.54, 1.807) is 30.3 Å². The highest BCUT2D eigenvalue weighted by atomic mass is 79.9. The lowest BCUT2D eigenvalue weighted by atomic mass is 10.0. The van der Waals surface area contributed by atoms with E-state index >= 15 is 0 Å². The van der Waals surface area contributed by atoms with Gasteiger partial charge < -0.3 is 4.74 Å². The van der Waals surface area contributed by atoms with Crippen LogP contribution >= 0.6 is 15.9 Å². The molecular formula is C23H15BrN2O. The van der Waals surface area contributed by atoms with Gasteiger partial charge in [0.05, 0.1) is 23.3 Å². The second-order valence-corrected chi connectivity index (χ2v) is 6.73. The van der Waals surface area contributed by atoms with E-state index in [0.29, 0.717) is 23.5 Å². The van der Waals surface area contributed by atoms with E-state index in [9.17, 15) is 5.26 Å². The van der Waals surface area contributed by atoms with Gasteiger partial charge in [-0.1, -0.05) is 58.4 Å². The molecule has 0 atom stereocenters. The Kier molecular flexibility index (Phi) is 6.05. The molecule has 0 aliphatic heterocycles. The van der Waals surface area contributed by atoms with E-state index in [2.05, 4.69) is 28.1 Å². The predicted octanol–water partition coefficient (Wildman–Crippen LogP) is 5.96. The zero-order valence-electron chi connectivity index (χ0n) is 14.4. The van der Waals surface area contributed by atoms with Crippen LogP contribution in [-0.2, 0) is 6.61 Å². The number of allylic oxidation sites excluding steroid dienone is 1. The Morgan fingerprint density at radius 1 is 0.926 bits per heavy atom. The second-order valence-electron chi connectivity index (χ2n) is 5.81. The van der Waals surface area contributed by atoms with Gasteiger partial charge in [-0.05, 0) is 47.5 Å². The summed E-state index contributed by atoms with van der Waals surface area (Å²) >= 11 is 3.42. The molecule has 0 fully saturated rings. The fourth-order valence-electron chi connectivity index (χ4n) is 2.53. The lowest BCUT2D eigenvalue weighted by molar-refractivity contribution is 0.305. The van der Waals surface area contributed by atoms with Crippen molar-refractivity contribution in [1.29, 1.82) is 10.5 Å². The Morgan fingerprint density at radius 2 is 1.63 bits per heavy atom. The molecule has 0 heterocycles. The molecule has 3 rings (SSSR count). The van der Waals surface area contributed by atoms with Crippen LogP contribution in [-0.4, -0.2) is 0 Å². The Bertz CT molecular complexity index is 1040. The van der Waals surface area contributed by atoms with Crippen molar-refractivity contribution < 1.29 is 4.74 Å². The summed E-state index contributed by atoms with van der Waals surface area (Å²) in [5, 5.41) is 18.5. The molecule has 3 aromatic rings. The van der Waals surface area contributed by atoms with Crippen molar-refractivity contribution in [3.8, 4) is 17.9 Å². The average molecular weight is 415 g/mol. The molecule has 0 aliphatic rings. The number of nitriles is 2. The first-order valence-corrected chi connectivity index (χ1v) is 9.07. The quantitative estimate of drug-likeness (QED) is 0.381. The molecule has 4 heteroatoms. The molecule has 0 amide bonds. The largest absolute Gasteiger partial charge is 0.488 e. The summed E-state index contributed by atoms with van der Waals surface area (Å²) in [5.41, 5.74) is 3.73. The molecular weight excluding hydrogens is 400 g/mol. The van der Waals surface area contributed by atoms with Crippen molar-refractivity contribution >= 4 is 27.6 Å². The maximum absolute atomic E-state index is 9.56. The van der Waals surface area contributed by atoms with Gasteiger partial charge >= 0.3 is 0 Å². The van der Waals surface area contributed by atoms with Crippen LogP contribution in [0.5, 0.6) is 5.75 Å². The van der Waals surface area contributed by atoms with Crippen LogP contribution in [0.25, 0.3) is 11.6 Å². The number of para-hydroxylation sites is 1.